The molecule has 0 saturated heterocycles. The lowest BCUT2D eigenvalue weighted by Crippen LogP contribution is -2.16. The van der Waals surface area contributed by atoms with E-state index < -0.39 is 0 Å². The highest BCUT2D eigenvalue weighted by Crippen LogP contribution is 2.00. The van der Waals surface area contributed by atoms with Crippen molar-refractivity contribution in [2.45, 2.75) is 18.5 Å². The van der Waals surface area contributed by atoms with Crippen molar-refractivity contribution < 1.29 is 9.53 Å². The van der Waals surface area contributed by atoms with E-state index in [2.05, 4.69) is 21.0 Å². The van der Waals surface area contributed by atoms with Crippen LogP contribution in [-0.2, 0) is 16.3 Å². The van der Waals surface area contributed by atoms with E-state index in [1.54, 1.807) is 25.4 Å². The fourth-order valence-electron chi connectivity index (χ4n) is 0.621. The van der Waals surface area contributed by atoms with Crippen molar-refractivity contribution in [1.82, 2.24) is 9.78 Å². The van der Waals surface area contributed by atoms with Gasteiger partial charge in [0.05, 0.1) is 0 Å². The van der Waals surface area contributed by atoms with Crippen LogP contribution in [0.2, 0.25) is 0 Å². The minimum atomic E-state index is -0.287. The fraction of sp³-hybridized carbons (Fsp3) is 0.429. The molecular weight excluding hydrogens is 224 g/mol. The smallest absolute Gasteiger partial charge is 0.321 e. The van der Waals surface area contributed by atoms with Crippen LogP contribution in [0.5, 0.6) is 0 Å². The summed E-state index contributed by atoms with van der Waals surface area (Å²) in [6, 6.07) is 1.77. The summed E-state index contributed by atoms with van der Waals surface area (Å²) in [7, 11) is 0. The molecule has 0 bridgehead atoms. The van der Waals surface area contributed by atoms with Crippen LogP contribution in [0, 0.1) is 0 Å². The van der Waals surface area contributed by atoms with Gasteiger partial charge in [-0.15, -0.1) is 0 Å². The Balaban J connectivity index is 2.32. The summed E-state index contributed by atoms with van der Waals surface area (Å²) in [5.74, 6) is -0.287. The predicted octanol–water partition coefficient (Wildman–Crippen LogP) is 1.17. The molecule has 0 amide bonds. The number of nitrogens with zero attached hydrogens (tertiary/aromatic N) is 2. The maximum absolute atomic E-state index is 10.9. The molecule has 0 aliphatic rings. The van der Waals surface area contributed by atoms with Crippen LogP contribution in [0.1, 0.15) is 6.92 Å². The zero-order valence-corrected chi connectivity index (χ0v) is 8.19. The lowest BCUT2D eigenvalue weighted by molar-refractivity contribution is -0.146. The molecule has 0 radical (unpaired) electrons. The van der Waals surface area contributed by atoms with Crippen LogP contribution in [0.25, 0.3) is 0 Å². The van der Waals surface area contributed by atoms with Gasteiger partial charge in [0.2, 0.25) is 0 Å². The van der Waals surface area contributed by atoms with Gasteiger partial charge in [0.15, 0.2) is 6.73 Å². The number of alkyl halides is 1. The zero-order chi connectivity index (χ0) is 8.97. The van der Waals surface area contributed by atoms with Crippen LogP contribution < -0.4 is 0 Å². The third-order valence-electron chi connectivity index (χ3n) is 1.22. The van der Waals surface area contributed by atoms with E-state index in [4.69, 9.17) is 4.74 Å². The Bertz CT molecular complexity index is 246. The van der Waals surface area contributed by atoms with Gasteiger partial charge in [0.1, 0.15) is 4.83 Å². The molecule has 1 atom stereocenters. The van der Waals surface area contributed by atoms with Gasteiger partial charge in [-0.1, -0.05) is 15.9 Å². The largest absolute Gasteiger partial charge is 0.442 e. The summed E-state index contributed by atoms with van der Waals surface area (Å²) >= 11 is 3.10. The first-order valence-electron chi connectivity index (χ1n) is 3.48. The second-order valence-corrected chi connectivity index (χ2v) is 3.63. The number of hydrogen-bond acceptors (Lipinski definition) is 3. The van der Waals surface area contributed by atoms with Crippen LogP contribution in [0.15, 0.2) is 18.5 Å². The highest BCUT2D eigenvalue weighted by molar-refractivity contribution is 9.10. The van der Waals surface area contributed by atoms with E-state index in [-0.39, 0.29) is 17.5 Å². The monoisotopic (exact) mass is 232 g/mol. The second-order valence-electron chi connectivity index (χ2n) is 2.25. The Hall–Kier alpha value is -0.840. The average Bonchev–Trinajstić information content (AvgIpc) is 2.51. The van der Waals surface area contributed by atoms with Gasteiger partial charge in [0, 0.05) is 12.4 Å². The molecule has 1 aromatic rings. The Morgan fingerprint density at radius 3 is 3.08 bits per heavy atom. The normalized spacial score (nSPS) is 12.5. The molecule has 0 spiro atoms. The van der Waals surface area contributed by atoms with E-state index in [1.807, 2.05) is 0 Å². The van der Waals surface area contributed by atoms with Gasteiger partial charge in [-0.05, 0) is 13.0 Å². The lowest BCUT2D eigenvalue weighted by atomic mass is 10.5. The van der Waals surface area contributed by atoms with Gasteiger partial charge in [-0.25, -0.2) is 4.68 Å². The molecule has 1 aromatic heterocycles. The molecule has 1 rings (SSSR count). The molecule has 0 saturated carbocycles. The Morgan fingerprint density at radius 1 is 1.83 bits per heavy atom. The van der Waals surface area contributed by atoms with Crippen molar-refractivity contribution in [3.63, 3.8) is 0 Å². The first kappa shape index (κ1) is 9.25. The van der Waals surface area contributed by atoms with Gasteiger partial charge >= 0.3 is 5.97 Å². The van der Waals surface area contributed by atoms with Crippen molar-refractivity contribution in [3.8, 4) is 0 Å². The molecule has 1 unspecified atom stereocenters. The van der Waals surface area contributed by atoms with E-state index in [1.165, 1.54) is 4.68 Å². The molecule has 0 aromatic carbocycles. The number of ether oxygens (including phenoxy) is 1. The minimum absolute atomic E-state index is 0.168. The first-order chi connectivity index (χ1) is 5.70. The van der Waals surface area contributed by atoms with Crippen molar-refractivity contribution in [2.75, 3.05) is 0 Å². The molecule has 0 aliphatic heterocycles. The van der Waals surface area contributed by atoms with E-state index in [0.29, 0.717) is 0 Å². The number of aromatic nitrogens is 2. The quantitative estimate of drug-likeness (QED) is 0.581. The highest BCUT2D eigenvalue weighted by atomic mass is 79.9. The van der Waals surface area contributed by atoms with Crippen LogP contribution in [-0.4, -0.2) is 20.6 Å². The van der Waals surface area contributed by atoms with Crippen LogP contribution >= 0.6 is 15.9 Å². The molecule has 12 heavy (non-hydrogen) atoms. The second kappa shape index (κ2) is 4.25. The Labute approximate surface area is 78.6 Å². The maximum Gasteiger partial charge on any atom is 0.321 e. The summed E-state index contributed by atoms with van der Waals surface area (Å²) in [6.45, 7) is 1.88. The fourth-order valence-corrected chi connectivity index (χ4v) is 0.754. The molecule has 0 aliphatic carbocycles. The van der Waals surface area contributed by atoms with Gasteiger partial charge in [-0.3, -0.25) is 4.79 Å². The van der Waals surface area contributed by atoms with E-state index >= 15 is 0 Å². The molecule has 0 N–H and O–H groups in total. The van der Waals surface area contributed by atoms with Gasteiger partial charge in [0.25, 0.3) is 0 Å². The molecular formula is C7H9BrN2O2. The Kier molecular flexibility index (Phi) is 3.28. The number of halogens is 1. The Morgan fingerprint density at radius 2 is 2.58 bits per heavy atom. The average molecular weight is 233 g/mol. The third-order valence-corrected chi connectivity index (χ3v) is 1.60. The SMILES string of the molecule is CC(Br)C(=O)OCn1cccn1. The van der Waals surface area contributed by atoms with Crippen LogP contribution in [0.4, 0.5) is 0 Å². The van der Waals surface area contributed by atoms with Gasteiger partial charge in [-0.2, -0.15) is 5.10 Å². The highest BCUT2D eigenvalue weighted by Gasteiger charge is 2.09. The van der Waals surface area contributed by atoms with Gasteiger partial charge < -0.3 is 4.74 Å². The van der Waals surface area contributed by atoms with E-state index in [0.717, 1.165) is 0 Å². The van der Waals surface area contributed by atoms with Crippen molar-refractivity contribution in [3.05, 3.63) is 18.5 Å². The third kappa shape index (κ3) is 2.65. The van der Waals surface area contributed by atoms with Crippen molar-refractivity contribution in [1.29, 1.82) is 0 Å². The molecule has 66 valence electrons. The predicted molar refractivity (Wildman–Crippen MR) is 46.7 cm³/mol. The summed E-state index contributed by atoms with van der Waals surface area (Å²) in [5.41, 5.74) is 0. The zero-order valence-electron chi connectivity index (χ0n) is 6.61. The summed E-state index contributed by atoms with van der Waals surface area (Å²) in [4.78, 5) is 10.7. The first-order valence-corrected chi connectivity index (χ1v) is 4.40. The summed E-state index contributed by atoms with van der Waals surface area (Å²) in [6.07, 6.45) is 3.36. The lowest BCUT2D eigenvalue weighted by Gasteiger charge is -2.05. The maximum atomic E-state index is 10.9. The molecule has 1 heterocycles. The van der Waals surface area contributed by atoms with E-state index in [9.17, 15) is 4.79 Å². The van der Waals surface area contributed by atoms with Crippen molar-refractivity contribution in [2.24, 2.45) is 0 Å². The standard InChI is InChI=1S/C7H9BrN2O2/c1-6(8)7(11)12-5-10-4-2-3-9-10/h2-4,6H,5H2,1H3. The topological polar surface area (TPSA) is 44.1 Å². The number of carbonyl (C=O) groups is 1. The van der Waals surface area contributed by atoms with Crippen LogP contribution in [0.3, 0.4) is 0 Å². The number of esters is 1. The van der Waals surface area contributed by atoms with Crippen molar-refractivity contribution >= 4 is 21.9 Å². The molecule has 5 heteroatoms. The number of hydrogen-bond donors (Lipinski definition) is 0. The number of carbonyl (C=O) groups excluding carboxylic acids is 1. The minimum Gasteiger partial charge on any atom is -0.442 e. The molecule has 0 fully saturated rings. The summed E-state index contributed by atoms with van der Waals surface area (Å²) in [5, 5.41) is 3.87. The molecule has 4 nitrogen and oxygen atoms in total. The number of rotatable bonds is 3. The summed E-state index contributed by atoms with van der Waals surface area (Å²) < 4.78 is 6.40.